The van der Waals surface area contributed by atoms with Gasteiger partial charge >= 0.3 is 0 Å². The Labute approximate surface area is 176 Å². The standard InChI is InChI=1S/C24H38N2O2Si/c1-6-9-15-29(4,5)17-25-21(27)16-24(8-3)23-20(13-14-28-24)19-12-10-11-18(7-2)22(19)26-23/h10-12,26H,6-9,13-17H2,1-5H3,(H,25,27). The lowest BCUT2D eigenvalue weighted by Gasteiger charge is -2.36. The highest BCUT2D eigenvalue weighted by atomic mass is 28.3. The molecular weight excluding hydrogens is 376 g/mol. The number of H-pyrrole nitrogens is 1. The largest absolute Gasteiger partial charge is 0.368 e. The molecule has 0 spiro atoms. The molecule has 2 aromatic rings. The summed E-state index contributed by atoms with van der Waals surface area (Å²) < 4.78 is 6.33. The summed E-state index contributed by atoms with van der Waals surface area (Å²) in [6, 6.07) is 7.81. The summed E-state index contributed by atoms with van der Waals surface area (Å²) in [6.45, 7) is 12.0. The molecular formula is C24H38N2O2Si. The van der Waals surface area contributed by atoms with Crippen molar-refractivity contribution < 1.29 is 9.53 Å². The average molecular weight is 415 g/mol. The Bertz CT molecular complexity index is 858. The number of aromatic nitrogens is 1. The van der Waals surface area contributed by atoms with E-state index < -0.39 is 13.7 Å². The predicted octanol–water partition coefficient (Wildman–Crippen LogP) is 5.46. The van der Waals surface area contributed by atoms with Gasteiger partial charge in [-0.25, -0.2) is 0 Å². The fourth-order valence-corrected chi connectivity index (χ4v) is 6.81. The lowest BCUT2D eigenvalue weighted by Crippen LogP contribution is -2.45. The Kier molecular flexibility index (Phi) is 6.89. The van der Waals surface area contributed by atoms with Crippen LogP contribution in [0.5, 0.6) is 0 Å². The number of hydrogen-bond donors (Lipinski definition) is 2. The number of nitrogens with one attached hydrogen (secondary N) is 2. The van der Waals surface area contributed by atoms with Crippen LogP contribution in [-0.4, -0.2) is 31.7 Å². The Morgan fingerprint density at radius 3 is 2.76 bits per heavy atom. The number of unbranched alkanes of at least 4 members (excludes halogenated alkanes) is 1. The predicted molar refractivity (Wildman–Crippen MR) is 124 cm³/mol. The molecule has 2 heterocycles. The summed E-state index contributed by atoms with van der Waals surface area (Å²) in [7, 11) is -1.38. The summed E-state index contributed by atoms with van der Waals surface area (Å²) in [4.78, 5) is 16.6. The van der Waals surface area contributed by atoms with Crippen LogP contribution in [0.15, 0.2) is 18.2 Å². The zero-order valence-electron chi connectivity index (χ0n) is 18.9. The van der Waals surface area contributed by atoms with Gasteiger partial charge in [-0.2, -0.15) is 0 Å². The van der Waals surface area contributed by atoms with Crippen LogP contribution < -0.4 is 5.32 Å². The number of carbonyl (C=O) groups excluding carboxylic acids is 1. The Morgan fingerprint density at radius 2 is 2.07 bits per heavy atom. The highest BCUT2D eigenvalue weighted by Crippen LogP contribution is 2.42. The quantitative estimate of drug-likeness (QED) is 0.535. The van der Waals surface area contributed by atoms with Gasteiger partial charge in [0.1, 0.15) is 5.60 Å². The Hall–Kier alpha value is -1.59. The molecule has 0 radical (unpaired) electrons. The molecule has 0 aliphatic carbocycles. The number of hydrogen-bond acceptors (Lipinski definition) is 2. The van der Waals surface area contributed by atoms with Crippen molar-refractivity contribution in [1.29, 1.82) is 0 Å². The van der Waals surface area contributed by atoms with Gasteiger partial charge in [-0.15, -0.1) is 0 Å². The van der Waals surface area contributed by atoms with Crippen molar-refractivity contribution in [1.82, 2.24) is 10.3 Å². The van der Waals surface area contributed by atoms with Gasteiger partial charge in [0, 0.05) is 17.1 Å². The highest BCUT2D eigenvalue weighted by molar-refractivity contribution is 6.77. The minimum absolute atomic E-state index is 0.117. The van der Waals surface area contributed by atoms with E-state index in [0.717, 1.165) is 31.1 Å². The third kappa shape index (κ3) is 4.61. The third-order valence-corrected chi connectivity index (χ3v) is 9.42. The number of amides is 1. The maximum atomic E-state index is 13.0. The van der Waals surface area contributed by atoms with Gasteiger partial charge in [-0.1, -0.05) is 71.0 Å². The summed E-state index contributed by atoms with van der Waals surface area (Å²) in [5.41, 5.74) is 4.47. The van der Waals surface area contributed by atoms with Gasteiger partial charge in [0.25, 0.3) is 0 Å². The van der Waals surface area contributed by atoms with E-state index in [-0.39, 0.29) is 5.91 Å². The first-order valence-electron chi connectivity index (χ1n) is 11.4. The molecule has 0 saturated carbocycles. The van der Waals surface area contributed by atoms with Gasteiger partial charge in [0.05, 0.1) is 26.8 Å². The van der Waals surface area contributed by atoms with E-state index in [0.29, 0.717) is 13.0 Å². The van der Waals surface area contributed by atoms with Crippen LogP contribution in [0.25, 0.3) is 10.9 Å². The first-order valence-corrected chi connectivity index (χ1v) is 14.8. The molecule has 0 saturated heterocycles. The lowest BCUT2D eigenvalue weighted by molar-refractivity contribution is -0.132. The fraction of sp³-hybridized carbons (Fsp3) is 0.625. The van der Waals surface area contributed by atoms with Crippen molar-refractivity contribution in [3.8, 4) is 0 Å². The van der Waals surface area contributed by atoms with E-state index in [2.05, 4.69) is 62.4 Å². The molecule has 160 valence electrons. The maximum absolute atomic E-state index is 13.0. The summed E-state index contributed by atoms with van der Waals surface area (Å²) in [5, 5.41) is 4.55. The molecule has 29 heavy (non-hydrogen) atoms. The van der Waals surface area contributed by atoms with Crippen LogP contribution in [0.4, 0.5) is 0 Å². The molecule has 1 unspecified atom stereocenters. The molecule has 1 aromatic heterocycles. The topological polar surface area (TPSA) is 54.1 Å². The van der Waals surface area contributed by atoms with Crippen LogP contribution in [-0.2, 0) is 28.0 Å². The summed E-state index contributed by atoms with van der Waals surface area (Å²) in [5.74, 6) is 0.117. The molecule has 1 amide bonds. The van der Waals surface area contributed by atoms with Crippen molar-refractivity contribution in [3.05, 3.63) is 35.0 Å². The average Bonchev–Trinajstić information content (AvgIpc) is 3.11. The van der Waals surface area contributed by atoms with Crippen LogP contribution >= 0.6 is 0 Å². The monoisotopic (exact) mass is 414 g/mol. The van der Waals surface area contributed by atoms with E-state index in [1.807, 2.05) is 0 Å². The SMILES string of the molecule is CCCC[Si](C)(C)CNC(=O)CC1(CC)OCCc2c1[nH]c1c(CC)cccc21. The zero-order valence-corrected chi connectivity index (χ0v) is 19.9. The van der Waals surface area contributed by atoms with Gasteiger partial charge < -0.3 is 15.0 Å². The second-order valence-corrected chi connectivity index (χ2v) is 14.5. The Morgan fingerprint density at radius 1 is 1.28 bits per heavy atom. The number of rotatable bonds is 9. The number of para-hydroxylation sites is 1. The van der Waals surface area contributed by atoms with Crippen LogP contribution in [0.1, 0.15) is 63.3 Å². The molecule has 0 bridgehead atoms. The lowest BCUT2D eigenvalue weighted by atomic mass is 9.86. The first-order chi connectivity index (χ1) is 13.9. The highest BCUT2D eigenvalue weighted by Gasteiger charge is 2.41. The molecule has 4 nitrogen and oxygen atoms in total. The molecule has 3 rings (SSSR count). The van der Waals surface area contributed by atoms with Gasteiger partial charge in [0.15, 0.2) is 0 Å². The van der Waals surface area contributed by atoms with Gasteiger partial charge in [-0.3, -0.25) is 4.79 Å². The first kappa shape index (κ1) is 22.1. The van der Waals surface area contributed by atoms with E-state index in [1.165, 1.54) is 40.9 Å². The van der Waals surface area contributed by atoms with E-state index >= 15 is 0 Å². The molecule has 1 aliphatic rings. The molecule has 5 heteroatoms. The van der Waals surface area contributed by atoms with E-state index in [4.69, 9.17) is 4.74 Å². The molecule has 2 N–H and O–H groups in total. The minimum Gasteiger partial charge on any atom is -0.368 e. The van der Waals surface area contributed by atoms with Crippen molar-refractivity contribution in [2.45, 2.75) is 84.0 Å². The number of carbonyl (C=O) groups is 1. The van der Waals surface area contributed by atoms with E-state index in [1.54, 1.807) is 0 Å². The summed E-state index contributed by atoms with van der Waals surface area (Å²) in [6.07, 6.45) is 6.42. The van der Waals surface area contributed by atoms with Crippen molar-refractivity contribution in [2.75, 3.05) is 12.8 Å². The van der Waals surface area contributed by atoms with E-state index in [9.17, 15) is 4.79 Å². The van der Waals surface area contributed by atoms with Crippen molar-refractivity contribution in [2.24, 2.45) is 0 Å². The van der Waals surface area contributed by atoms with Crippen LogP contribution in [0.3, 0.4) is 0 Å². The molecule has 1 aliphatic heterocycles. The molecule has 1 aromatic carbocycles. The van der Waals surface area contributed by atoms with Crippen molar-refractivity contribution in [3.63, 3.8) is 0 Å². The summed E-state index contributed by atoms with van der Waals surface area (Å²) >= 11 is 0. The van der Waals surface area contributed by atoms with Crippen LogP contribution in [0, 0.1) is 0 Å². The third-order valence-electron chi connectivity index (χ3n) is 6.58. The van der Waals surface area contributed by atoms with Crippen LogP contribution in [0.2, 0.25) is 19.1 Å². The maximum Gasteiger partial charge on any atom is 0.223 e. The number of aryl methyl sites for hydroxylation is 1. The van der Waals surface area contributed by atoms with Gasteiger partial charge in [0.2, 0.25) is 5.91 Å². The second kappa shape index (κ2) is 9.05. The number of benzene rings is 1. The number of fused-ring (bicyclic) bond motifs is 3. The molecule has 1 atom stereocenters. The van der Waals surface area contributed by atoms with Gasteiger partial charge in [-0.05, 0) is 30.4 Å². The fourth-order valence-electron chi connectivity index (χ4n) is 4.64. The minimum atomic E-state index is -1.38. The second-order valence-electron chi connectivity index (χ2n) is 9.34. The number of aromatic amines is 1. The molecule has 0 fully saturated rings. The van der Waals surface area contributed by atoms with Crippen molar-refractivity contribution >= 4 is 24.9 Å². The smallest absolute Gasteiger partial charge is 0.223 e. The normalized spacial score (nSPS) is 19.3. The zero-order chi connectivity index (χ0) is 21.1. The Balaban J connectivity index is 1.83. The number of ether oxygens (including phenoxy) is 1.